The van der Waals surface area contributed by atoms with Crippen molar-refractivity contribution in [3.05, 3.63) is 59.4 Å². The highest BCUT2D eigenvalue weighted by Gasteiger charge is 2.20. The molecule has 0 aliphatic heterocycles. The molecule has 1 aliphatic rings. The molecule has 33 heavy (non-hydrogen) atoms. The summed E-state index contributed by atoms with van der Waals surface area (Å²) in [7, 11) is -3.40. The largest absolute Gasteiger partial charge is 0.493 e. The van der Waals surface area contributed by atoms with Gasteiger partial charge in [-0.2, -0.15) is 0 Å². The Balaban J connectivity index is 1.62. The first kappa shape index (κ1) is 22.9. The predicted molar refractivity (Wildman–Crippen MR) is 131 cm³/mol. The molecule has 3 aromatic rings. The van der Waals surface area contributed by atoms with Crippen LogP contribution in [0.2, 0.25) is 0 Å². The van der Waals surface area contributed by atoms with Gasteiger partial charge in [0.2, 0.25) is 15.9 Å². The summed E-state index contributed by atoms with van der Waals surface area (Å²) in [5, 5.41) is 3.87. The number of furan rings is 1. The van der Waals surface area contributed by atoms with Crippen molar-refractivity contribution in [1.82, 2.24) is 0 Å². The number of allylic oxidation sites excluding steroid dienone is 1. The molecule has 1 amide bonds. The van der Waals surface area contributed by atoms with Gasteiger partial charge in [-0.05, 0) is 62.9 Å². The molecule has 2 N–H and O–H groups in total. The van der Waals surface area contributed by atoms with Crippen LogP contribution in [-0.2, 0) is 27.7 Å². The highest BCUT2D eigenvalue weighted by atomic mass is 32.2. The Morgan fingerprint density at radius 3 is 2.67 bits per heavy atom. The molecule has 0 bridgehead atoms. The number of sulfonamides is 1. The number of fused-ring (bicyclic) bond motifs is 3. The number of rotatable bonds is 7. The summed E-state index contributed by atoms with van der Waals surface area (Å²) in [6.07, 6.45) is 6.83. The molecule has 0 atom stereocenters. The van der Waals surface area contributed by atoms with Gasteiger partial charge >= 0.3 is 0 Å². The van der Waals surface area contributed by atoms with Gasteiger partial charge in [0.25, 0.3) is 0 Å². The lowest BCUT2D eigenvalue weighted by molar-refractivity contribution is -0.111. The molecule has 1 aliphatic carbocycles. The van der Waals surface area contributed by atoms with Crippen LogP contribution in [0.4, 0.5) is 11.4 Å². The molecule has 0 saturated heterocycles. The van der Waals surface area contributed by atoms with Crippen LogP contribution in [0.5, 0.6) is 5.75 Å². The first-order valence-electron chi connectivity index (χ1n) is 11.0. The monoisotopic (exact) mass is 468 g/mol. The fourth-order valence-corrected chi connectivity index (χ4v) is 4.75. The van der Waals surface area contributed by atoms with Crippen LogP contribution >= 0.6 is 0 Å². The van der Waals surface area contributed by atoms with E-state index in [0.29, 0.717) is 23.7 Å². The van der Waals surface area contributed by atoms with Crippen LogP contribution in [0.25, 0.3) is 16.5 Å². The molecule has 174 valence electrons. The van der Waals surface area contributed by atoms with E-state index in [1.807, 2.05) is 19.9 Å². The Bertz CT molecular complexity index is 1340. The maximum atomic E-state index is 12.7. The number of aryl methyl sites for hydroxylation is 2. The van der Waals surface area contributed by atoms with Crippen molar-refractivity contribution < 1.29 is 22.4 Å². The fraction of sp³-hybridized carbons (Fsp3) is 0.320. The highest BCUT2D eigenvalue weighted by Crippen LogP contribution is 2.38. The van der Waals surface area contributed by atoms with E-state index in [9.17, 15) is 13.2 Å². The Morgan fingerprint density at radius 2 is 1.91 bits per heavy atom. The summed E-state index contributed by atoms with van der Waals surface area (Å²) in [6, 6.07) is 10.5. The van der Waals surface area contributed by atoms with Gasteiger partial charge in [0.15, 0.2) is 0 Å². The van der Waals surface area contributed by atoms with Gasteiger partial charge in [-0.1, -0.05) is 6.07 Å². The summed E-state index contributed by atoms with van der Waals surface area (Å²) in [5.41, 5.74) is 4.55. The molecule has 0 radical (unpaired) electrons. The third kappa shape index (κ3) is 5.39. The van der Waals surface area contributed by atoms with Crippen LogP contribution in [0.3, 0.4) is 0 Å². The van der Waals surface area contributed by atoms with Crippen molar-refractivity contribution in [2.24, 2.45) is 0 Å². The third-order valence-corrected chi connectivity index (χ3v) is 6.17. The Labute approximate surface area is 193 Å². The fourth-order valence-electron chi connectivity index (χ4n) is 4.20. The van der Waals surface area contributed by atoms with Crippen LogP contribution in [0.15, 0.2) is 46.9 Å². The van der Waals surface area contributed by atoms with Crippen LogP contribution in [-0.4, -0.2) is 27.2 Å². The molecule has 0 spiro atoms. The van der Waals surface area contributed by atoms with E-state index in [2.05, 4.69) is 16.1 Å². The van der Waals surface area contributed by atoms with E-state index >= 15 is 0 Å². The van der Waals surface area contributed by atoms with Gasteiger partial charge in [-0.15, -0.1) is 0 Å². The number of hydrogen-bond donors (Lipinski definition) is 2. The molecule has 0 fully saturated rings. The van der Waals surface area contributed by atoms with Crippen molar-refractivity contribution >= 4 is 43.8 Å². The number of nitrogens with one attached hydrogen (secondary N) is 2. The van der Waals surface area contributed by atoms with E-state index in [0.717, 1.165) is 59.8 Å². The Hall–Kier alpha value is -3.26. The molecule has 8 heteroatoms. The number of anilines is 2. The maximum Gasteiger partial charge on any atom is 0.248 e. The minimum absolute atomic E-state index is 0.319. The highest BCUT2D eigenvalue weighted by molar-refractivity contribution is 7.92. The number of ether oxygens (including phenoxy) is 1. The molecule has 1 aromatic heterocycles. The Morgan fingerprint density at radius 1 is 1.15 bits per heavy atom. The van der Waals surface area contributed by atoms with Gasteiger partial charge in [0.1, 0.15) is 17.1 Å². The van der Waals surface area contributed by atoms with E-state index in [1.165, 1.54) is 11.6 Å². The summed E-state index contributed by atoms with van der Waals surface area (Å²) in [4.78, 5) is 12.7. The summed E-state index contributed by atoms with van der Waals surface area (Å²) >= 11 is 0. The zero-order valence-electron chi connectivity index (χ0n) is 19.0. The molecule has 4 rings (SSSR count). The second-order valence-electron chi connectivity index (χ2n) is 8.26. The van der Waals surface area contributed by atoms with Crippen molar-refractivity contribution in [3.63, 3.8) is 0 Å². The third-order valence-electron chi connectivity index (χ3n) is 5.56. The van der Waals surface area contributed by atoms with Crippen molar-refractivity contribution in [2.45, 2.75) is 39.5 Å². The van der Waals surface area contributed by atoms with E-state index in [-0.39, 0.29) is 5.91 Å². The quantitative estimate of drug-likeness (QED) is 0.469. The number of carbonyl (C=O) groups excluding carboxylic acids is 1. The normalized spacial score (nSPS) is 14.1. The van der Waals surface area contributed by atoms with Gasteiger partial charge in [-0.25, -0.2) is 8.42 Å². The van der Waals surface area contributed by atoms with Crippen LogP contribution in [0, 0.1) is 0 Å². The minimum atomic E-state index is -3.40. The lowest BCUT2D eigenvalue weighted by Crippen LogP contribution is -2.11. The number of benzene rings is 2. The zero-order chi connectivity index (χ0) is 23.6. The number of carbonyl (C=O) groups is 1. The predicted octanol–water partition coefficient (Wildman–Crippen LogP) is 5.12. The average molecular weight is 469 g/mol. The van der Waals surface area contributed by atoms with E-state index in [4.69, 9.17) is 9.15 Å². The van der Waals surface area contributed by atoms with Gasteiger partial charge < -0.3 is 14.5 Å². The van der Waals surface area contributed by atoms with Crippen LogP contribution < -0.4 is 14.8 Å². The van der Waals surface area contributed by atoms with Crippen molar-refractivity contribution in [2.75, 3.05) is 22.9 Å². The van der Waals surface area contributed by atoms with Crippen molar-refractivity contribution in [1.29, 1.82) is 0 Å². The molecular weight excluding hydrogens is 440 g/mol. The Kier molecular flexibility index (Phi) is 6.47. The first-order valence-corrected chi connectivity index (χ1v) is 12.9. The summed E-state index contributed by atoms with van der Waals surface area (Å²) in [5.74, 6) is 1.41. The zero-order valence-corrected chi connectivity index (χ0v) is 19.8. The molecular formula is C25H28N2O5S. The first-order chi connectivity index (χ1) is 15.7. The van der Waals surface area contributed by atoms with Crippen molar-refractivity contribution in [3.8, 4) is 5.75 Å². The van der Waals surface area contributed by atoms with Gasteiger partial charge in [0.05, 0.1) is 18.6 Å². The molecule has 7 nitrogen and oxygen atoms in total. The molecule has 0 saturated carbocycles. The lowest BCUT2D eigenvalue weighted by Gasteiger charge is -2.12. The molecule has 2 aromatic carbocycles. The van der Waals surface area contributed by atoms with E-state index < -0.39 is 10.0 Å². The molecule has 1 heterocycles. The van der Waals surface area contributed by atoms with Gasteiger partial charge in [0, 0.05) is 40.8 Å². The lowest BCUT2D eigenvalue weighted by atomic mass is 9.94. The maximum absolute atomic E-state index is 12.7. The average Bonchev–Trinajstić information content (AvgIpc) is 3.09. The standard InChI is InChI=1S/C25H28N2O5S/c1-4-31-23-15-24-21(19-10-5-6-11-22(19)32-24)14-20(23)16(2)12-25(28)26-17-8-7-9-18(13-17)27-33(3,29)30/h7-9,12-15,27H,4-6,10-11H2,1-3H3,(H,26,28)/b16-12+. The second-order valence-corrected chi connectivity index (χ2v) is 10.0. The van der Waals surface area contributed by atoms with E-state index in [1.54, 1.807) is 24.3 Å². The minimum Gasteiger partial charge on any atom is -0.493 e. The SMILES string of the molecule is CCOc1cc2oc3c(c2cc1/C(C)=C/C(=O)Nc1cccc(NS(C)(=O)=O)c1)CCCC3. The smallest absolute Gasteiger partial charge is 0.248 e. The van der Waals surface area contributed by atoms with Gasteiger partial charge in [-0.3, -0.25) is 9.52 Å². The molecule has 0 unspecified atom stereocenters. The second kappa shape index (κ2) is 9.31. The summed E-state index contributed by atoms with van der Waals surface area (Å²) < 4.78 is 37.3. The summed E-state index contributed by atoms with van der Waals surface area (Å²) in [6.45, 7) is 4.29. The topological polar surface area (TPSA) is 97.6 Å². The number of amides is 1. The van der Waals surface area contributed by atoms with Crippen LogP contribution in [0.1, 0.15) is 43.6 Å². The number of hydrogen-bond acceptors (Lipinski definition) is 5.